The van der Waals surface area contributed by atoms with Crippen LogP contribution in [0.2, 0.25) is 0 Å². The lowest BCUT2D eigenvalue weighted by atomic mass is 10.5. The van der Waals surface area contributed by atoms with Gasteiger partial charge in [-0.05, 0) is 59.0 Å². The second-order valence-electron chi connectivity index (χ2n) is 1.84. The van der Waals surface area contributed by atoms with Crippen LogP contribution in [-0.2, 0) is 0 Å². The molecule has 0 bridgehead atoms. The fraction of sp³-hybridized carbons (Fsp3) is 0.333. The van der Waals surface area contributed by atoms with E-state index in [1.165, 1.54) is 16.9 Å². The van der Waals surface area contributed by atoms with Gasteiger partial charge in [-0.3, -0.25) is 0 Å². The van der Waals surface area contributed by atoms with Crippen molar-refractivity contribution in [2.24, 2.45) is 0 Å². The third-order valence-corrected chi connectivity index (χ3v) is 6.60. The molecule has 0 aliphatic carbocycles. The zero-order chi connectivity index (χ0) is 7.02. The maximum atomic E-state index is 2.39. The maximum Gasteiger partial charge on any atom is 0.0403 e. The lowest BCUT2D eigenvalue weighted by Crippen LogP contribution is -1.71. The van der Waals surface area contributed by atoms with E-state index in [0.717, 1.165) is 0 Å². The van der Waals surface area contributed by atoms with Crippen LogP contribution in [0, 0.1) is 21.0 Å². The van der Waals surface area contributed by atoms with E-state index in [-0.39, 0.29) is 0 Å². The summed E-state index contributed by atoms with van der Waals surface area (Å²) in [6.45, 7) is 4.34. The molecule has 0 nitrogen and oxygen atoms in total. The minimum Gasteiger partial charge on any atom is -0.144 e. The average Bonchev–Trinajstić information content (AvgIpc) is 1.98. The van der Waals surface area contributed by atoms with E-state index < -0.39 is 0 Å². The summed E-state index contributed by atoms with van der Waals surface area (Å²) in [7, 11) is 0. The molecule has 0 saturated carbocycles. The van der Waals surface area contributed by atoms with Gasteiger partial charge in [-0.2, -0.15) is 0 Å². The summed E-state index contributed by atoms with van der Waals surface area (Å²) in [5.41, 5.74) is 0. The van der Waals surface area contributed by atoms with Gasteiger partial charge in [0.2, 0.25) is 0 Å². The average molecular weight is 364 g/mol. The minimum atomic E-state index is 1.43. The predicted octanol–water partition coefficient (Wildman–Crippen LogP) is 3.57. The maximum absolute atomic E-state index is 2.39. The third kappa shape index (κ3) is 1.59. The van der Waals surface area contributed by atoms with E-state index >= 15 is 0 Å². The quantitative estimate of drug-likeness (QED) is 0.618. The van der Waals surface area contributed by atoms with E-state index in [4.69, 9.17) is 0 Å². The van der Waals surface area contributed by atoms with Crippen LogP contribution in [0.5, 0.6) is 0 Å². The number of rotatable bonds is 0. The third-order valence-electron chi connectivity index (χ3n) is 1.12. The molecule has 0 saturated heterocycles. The SMILES string of the molecule is Cc1sc(C)c(I)c1I. The van der Waals surface area contributed by atoms with Gasteiger partial charge in [-0.25, -0.2) is 0 Å². The number of hydrogen-bond donors (Lipinski definition) is 0. The zero-order valence-electron chi connectivity index (χ0n) is 5.16. The monoisotopic (exact) mass is 364 g/mol. The Morgan fingerprint density at radius 1 is 1.00 bits per heavy atom. The summed E-state index contributed by atoms with van der Waals surface area (Å²) in [6, 6.07) is 0. The highest BCUT2D eigenvalue weighted by molar-refractivity contribution is 14.1. The Bertz CT molecular complexity index is 205. The van der Waals surface area contributed by atoms with Gasteiger partial charge in [0.05, 0.1) is 0 Å². The first-order valence-electron chi connectivity index (χ1n) is 2.54. The van der Waals surface area contributed by atoms with Crippen LogP contribution in [0.25, 0.3) is 0 Å². The van der Waals surface area contributed by atoms with Crippen molar-refractivity contribution in [2.75, 3.05) is 0 Å². The summed E-state index contributed by atoms with van der Waals surface area (Å²) in [5.74, 6) is 0. The normalized spacial score (nSPS) is 10.2. The van der Waals surface area contributed by atoms with Crippen LogP contribution in [0.15, 0.2) is 0 Å². The first-order valence-corrected chi connectivity index (χ1v) is 5.51. The highest BCUT2D eigenvalue weighted by Crippen LogP contribution is 2.29. The second-order valence-corrected chi connectivity index (χ2v) is 5.43. The lowest BCUT2D eigenvalue weighted by molar-refractivity contribution is 1.51. The lowest BCUT2D eigenvalue weighted by Gasteiger charge is -1.84. The summed E-state index contributed by atoms with van der Waals surface area (Å²) < 4.78 is 2.85. The molecule has 1 aromatic heterocycles. The van der Waals surface area contributed by atoms with Gasteiger partial charge < -0.3 is 0 Å². The summed E-state index contributed by atoms with van der Waals surface area (Å²) in [6.07, 6.45) is 0. The van der Waals surface area contributed by atoms with Gasteiger partial charge >= 0.3 is 0 Å². The number of thiophene rings is 1. The van der Waals surface area contributed by atoms with Crippen molar-refractivity contribution in [3.05, 3.63) is 16.9 Å². The molecule has 3 heteroatoms. The van der Waals surface area contributed by atoms with Gasteiger partial charge in [-0.15, -0.1) is 11.3 Å². The molecule has 1 rings (SSSR count). The largest absolute Gasteiger partial charge is 0.144 e. The van der Waals surface area contributed by atoms with Crippen molar-refractivity contribution < 1.29 is 0 Å². The Morgan fingerprint density at radius 2 is 1.33 bits per heavy atom. The highest BCUT2D eigenvalue weighted by atomic mass is 127. The van der Waals surface area contributed by atoms with Crippen LogP contribution in [-0.4, -0.2) is 0 Å². The first-order chi connectivity index (χ1) is 4.13. The summed E-state index contributed by atoms with van der Waals surface area (Å²) >= 11 is 6.67. The number of halogens is 2. The molecule has 0 aliphatic rings. The Labute approximate surface area is 86.3 Å². The number of aryl methyl sites for hydroxylation is 2. The Kier molecular flexibility index (Phi) is 2.79. The molecule has 0 aliphatic heterocycles. The van der Waals surface area contributed by atoms with Gasteiger partial charge in [0.15, 0.2) is 0 Å². The van der Waals surface area contributed by atoms with Crippen LogP contribution >= 0.6 is 56.5 Å². The molecule has 0 unspecified atom stereocenters. The molecule has 0 N–H and O–H groups in total. The molecule has 0 atom stereocenters. The molecule has 50 valence electrons. The molecule has 0 aromatic carbocycles. The molecule has 0 fully saturated rings. The van der Waals surface area contributed by atoms with Gasteiger partial charge in [0, 0.05) is 16.9 Å². The van der Waals surface area contributed by atoms with Gasteiger partial charge in [0.1, 0.15) is 0 Å². The standard InChI is InChI=1S/C6H6I2S/c1-3-5(7)6(8)4(2)9-3/h1-2H3. The molecule has 0 amide bonds. The van der Waals surface area contributed by atoms with Gasteiger partial charge in [-0.1, -0.05) is 0 Å². The topological polar surface area (TPSA) is 0 Å². The van der Waals surface area contributed by atoms with Gasteiger partial charge in [0.25, 0.3) is 0 Å². The van der Waals surface area contributed by atoms with Crippen molar-refractivity contribution in [1.29, 1.82) is 0 Å². The smallest absolute Gasteiger partial charge is 0.0403 e. The summed E-state index contributed by atoms with van der Waals surface area (Å²) in [5, 5.41) is 0. The molecular formula is C6H6I2S. The first kappa shape index (κ1) is 8.26. The molecule has 1 aromatic rings. The molecule has 9 heavy (non-hydrogen) atoms. The fourth-order valence-electron chi connectivity index (χ4n) is 0.628. The molecular weight excluding hydrogens is 358 g/mol. The van der Waals surface area contributed by atoms with E-state index in [1.807, 2.05) is 11.3 Å². The summed E-state index contributed by atoms with van der Waals surface area (Å²) in [4.78, 5) is 2.88. The fourth-order valence-corrected chi connectivity index (χ4v) is 3.31. The Balaban J connectivity index is 3.29. The van der Waals surface area contributed by atoms with E-state index in [2.05, 4.69) is 59.0 Å². The van der Waals surface area contributed by atoms with Crippen molar-refractivity contribution in [2.45, 2.75) is 13.8 Å². The minimum absolute atomic E-state index is 1.43. The van der Waals surface area contributed by atoms with E-state index in [1.54, 1.807) is 0 Å². The Morgan fingerprint density at radius 3 is 1.44 bits per heavy atom. The molecule has 0 radical (unpaired) electrons. The van der Waals surface area contributed by atoms with Crippen molar-refractivity contribution >= 4 is 56.5 Å². The highest BCUT2D eigenvalue weighted by Gasteiger charge is 2.05. The predicted molar refractivity (Wildman–Crippen MR) is 59.2 cm³/mol. The molecule has 0 spiro atoms. The van der Waals surface area contributed by atoms with Crippen molar-refractivity contribution in [1.82, 2.24) is 0 Å². The van der Waals surface area contributed by atoms with Crippen molar-refractivity contribution in [3.8, 4) is 0 Å². The van der Waals surface area contributed by atoms with E-state index in [9.17, 15) is 0 Å². The molecule has 1 heterocycles. The zero-order valence-corrected chi connectivity index (χ0v) is 10.3. The Hall–Kier alpha value is 1.16. The van der Waals surface area contributed by atoms with Crippen LogP contribution in [0.4, 0.5) is 0 Å². The van der Waals surface area contributed by atoms with Crippen LogP contribution in [0.3, 0.4) is 0 Å². The number of hydrogen-bond acceptors (Lipinski definition) is 1. The van der Waals surface area contributed by atoms with E-state index in [0.29, 0.717) is 0 Å². The second kappa shape index (κ2) is 3.04. The van der Waals surface area contributed by atoms with Crippen molar-refractivity contribution in [3.63, 3.8) is 0 Å². The van der Waals surface area contributed by atoms with Crippen LogP contribution < -0.4 is 0 Å². The van der Waals surface area contributed by atoms with Crippen LogP contribution in [0.1, 0.15) is 9.75 Å².